The molecule has 1 aliphatic heterocycles. The van der Waals surface area contributed by atoms with Crippen molar-refractivity contribution >= 4 is 6.29 Å². The predicted octanol–water partition coefficient (Wildman–Crippen LogP) is 3.58. The van der Waals surface area contributed by atoms with Gasteiger partial charge in [-0.1, -0.05) is 69.7 Å². The number of unbranched alkanes of at least 4 members (excludes halogenated alkanes) is 6. The molecule has 1 heterocycles. The van der Waals surface area contributed by atoms with E-state index in [4.69, 9.17) is 4.74 Å². The van der Waals surface area contributed by atoms with E-state index in [1.807, 2.05) is 12.1 Å². The largest absolute Gasteiger partial charge is 0.412 e. The van der Waals surface area contributed by atoms with Gasteiger partial charge in [-0.05, 0) is 24.0 Å². The second-order valence-corrected chi connectivity index (χ2v) is 5.86. The Morgan fingerprint density at radius 2 is 1.62 bits per heavy atom. The smallest absolute Gasteiger partial charge is 0.171 e. The fourth-order valence-corrected chi connectivity index (χ4v) is 2.62. The highest BCUT2D eigenvalue weighted by Gasteiger charge is 2.46. The topological polar surface area (TPSA) is 61.1 Å². The van der Waals surface area contributed by atoms with Gasteiger partial charge in [0, 0.05) is 0 Å². The summed E-state index contributed by atoms with van der Waals surface area (Å²) in [6.07, 6.45) is 11.5. The number of hydrogen-bond acceptors (Lipinski definition) is 2. The lowest BCUT2D eigenvalue weighted by molar-refractivity contribution is -0.112. The predicted molar refractivity (Wildman–Crippen MR) is 85.4 cm³/mol. The van der Waals surface area contributed by atoms with Gasteiger partial charge in [-0.3, -0.25) is 4.79 Å². The lowest BCUT2D eigenvalue weighted by atomic mass is 9.98. The van der Waals surface area contributed by atoms with Crippen molar-refractivity contribution in [2.24, 2.45) is 0 Å². The maximum atomic E-state index is 11.0. The van der Waals surface area contributed by atoms with Crippen LogP contribution in [-0.4, -0.2) is 18.4 Å². The van der Waals surface area contributed by atoms with Gasteiger partial charge < -0.3 is 10.2 Å². The molecule has 0 aliphatic carbocycles. The molecule has 0 saturated carbocycles. The first kappa shape index (κ1) is 17.9. The van der Waals surface area contributed by atoms with Crippen LogP contribution in [-0.2, 0) is 21.6 Å². The summed E-state index contributed by atoms with van der Waals surface area (Å²) in [6.45, 7) is 2.79. The molecule has 0 bridgehead atoms. The molecule has 0 amide bonds. The van der Waals surface area contributed by atoms with Crippen LogP contribution in [0.15, 0.2) is 24.3 Å². The van der Waals surface area contributed by atoms with Crippen molar-refractivity contribution in [3.05, 3.63) is 35.4 Å². The molecule has 21 heavy (non-hydrogen) atoms. The number of aryl methyl sites for hydroxylation is 1. The van der Waals surface area contributed by atoms with E-state index in [1.54, 1.807) is 0 Å². The number of aldehydes is 1. The minimum absolute atomic E-state index is 0. The van der Waals surface area contributed by atoms with Crippen molar-refractivity contribution in [3.63, 3.8) is 0 Å². The van der Waals surface area contributed by atoms with Gasteiger partial charge in [-0.25, -0.2) is 0 Å². The van der Waals surface area contributed by atoms with Gasteiger partial charge in [0.05, 0.1) is 6.61 Å². The maximum Gasteiger partial charge on any atom is 0.171 e. The SMILES string of the molecule is CCCCCCCCCc1ccc(C2(C=O)CO2)cc1.O. The minimum Gasteiger partial charge on any atom is -0.412 e. The maximum absolute atomic E-state index is 11.0. The van der Waals surface area contributed by atoms with Gasteiger partial charge in [0.15, 0.2) is 11.9 Å². The summed E-state index contributed by atoms with van der Waals surface area (Å²) in [7, 11) is 0. The molecule has 3 nitrogen and oxygen atoms in total. The van der Waals surface area contributed by atoms with Crippen LogP contribution in [0.1, 0.15) is 63.0 Å². The molecule has 0 spiro atoms. The Morgan fingerprint density at radius 1 is 1.05 bits per heavy atom. The number of carbonyl (C=O) groups excluding carboxylic acids is 1. The molecule has 0 aromatic heterocycles. The standard InChI is InChI=1S/C18H26O2.H2O/c1-2-3-4-5-6-7-8-9-16-10-12-17(13-11-16)18(14-19)15-20-18;/h10-14H,2-9,15H2,1H3;1H2. The fraction of sp³-hybridized carbons (Fsp3) is 0.611. The van der Waals surface area contributed by atoms with Gasteiger partial charge >= 0.3 is 0 Å². The molecule has 2 N–H and O–H groups in total. The van der Waals surface area contributed by atoms with Gasteiger partial charge in [0.1, 0.15) is 0 Å². The van der Waals surface area contributed by atoms with E-state index in [-0.39, 0.29) is 5.48 Å². The molecule has 1 atom stereocenters. The quantitative estimate of drug-likeness (QED) is 0.376. The first-order chi connectivity index (χ1) is 9.80. The first-order valence-corrected chi connectivity index (χ1v) is 8.00. The summed E-state index contributed by atoms with van der Waals surface area (Å²) in [5.74, 6) is 0. The number of benzene rings is 1. The number of hydrogen-bond donors (Lipinski definition) is 0. The summed E-state index contributed by atoms with van der Waals surface area (Å²) in [6, 6.07) is 8.36. The molecule has 2 rings (SSSR count). The van der Waals surface area contributed by atoms with Crippen LogP contribution < -0.4 is 0 Å². The average molecular weight is 292 g/mol. The second-order valence-electron chi connectivity index (χ2n) is 5.86. The normalized spacial score (nSPS) is 19.9. The summed E-state index contributed by atoms with van der Waals surface area (Å²) >= 11 is 0. The lowest BCUT2D eigenvalue weighted by Crippen LogP contribution is -2.09. The molecule has 1 fully saturated rings. The van der Waals surface area contributed by atoms with E-state index >= 15 is 0 Å². The van der Waals surface area contributed by atoms with Crippen LogP contribution in [0.5, 0.6) is 0 Å². The number of ether oxygens (including phenoxy) is 1. The monoisotopic (exact) mass is 292 g/mol. The molecular weight excluding hydrogens is 264 g/mol. The van der Waals surface area contributed by atoms with E-state index in [9.17, 15) is 4.79 Å². The Morgan fingerprint density at radius 3 is 2.14 bits per heavy atom. The van der Waals surface area contributed by atoms with E-state index in [0.717, 1.165) is 18.3 Å². The van der Waals surface area contributed by atoms with Gasteiger partial charge in [0.2, 0.25) is 0 Å². The Hall–Kier alpha value is -1.19. The van der Waals surface area contributed by atoms with E-state index in [2.05, 4.69) is 19.1 Å². The third kappa shape index (κ3) is 5.25. The Bertz CT molecular complexity index is 407. The summed E-state index contributed by atoms with van der Waals surface area (Å²) in [5, 5.41) is 0. The highest BCUT2D eigenvalue weighted by atomic mass is 16.6. The van der Waals surface area contributed by atoms with Crippen molar-refractivity contribution in [2.45, 2.75) is 63.9 Å². The average Bonchev–Trinajstić information content (AvgIpc) is 3.28. The van der Waals surface area contributed by atoms with Crippen molar-refractivity contribution < 1.29 is 15.0 Å². The zero-order chi connectivity index (χ0) is 14.3. The van der Waals surface area contributed by atoms with Gasteiger partial charge in [-0.15, -0.1) is 0 Å². The zero-order valence-electron chi connectivity index (χ0n) is 13.1. The molecule has 1 aliphatic rings. The minimum atomic E-state index is -0.613. The number of carbonyl (C=O) groups is 1. The summed E-state index contributed by atoms with van der Waals surface area (Å²) in [5.41, 5.74) is 1.75. The second kappa shape index (κ2) is 8.96. The van der Waals surface area contributed by atoms with Crippen molar-refractivity contribution in [2.75, 3.05) is 6.61 Å². The van der Waals surface area contributed by atoms with E-state index in [0.29, 0.717) is 6.61 Å². The summed E-state index contributed by atoms with van der Waals surface area (Å²) in [4.78, 5) is 11.0. The van der Waals surface area contributed by atoms with E-state index < -0.39 is 5.60 Å². The van der Waals surface area contributed by atoms with Crippen LogP contribution in [0, 0.1) is 0 Å². The molecule has 0 radical (unpaired) electrons. The molecule has 1 saturated heterocycles. The van der Waals surface area contributed by atoms with Crippen molar-refractivity contribution in [3.8, 4) is 0 Å². The van der Waals surface area contributed by atoms with Crippen LogP contribution in [0.4, 0.5) is 0 Å². The third-order valence-corrected chi connectivity index (χ3v) is 4.16. The Balaban J connectivity index is 0.00000220. The molecule has 1 aromatic carbocycles. The number of rotatable bonds is 10. The molecule has 1 unspecified atom stereocenters. The van der Waals surface area contributed by atoms with Crippen molar-refractivity contribution in [1.82, 2.24) is 0 Å². The highest BCUT2D eigenvalue weighted by molar-refractivity contribution is 5.69. The van der Waals surface area contributed by atoms with Gasteiger partial charge in [0.25, 0.3) is 0 Å². The zero-order valence-corrected chi connectivity index (χ0v) is 13.1. The fourth-order valence-electron chi connectivity index (χ4n) is 2.62. The highest BCUT2D eigenvalue weighted by Crippen LogP contribution is 2.36. The van der Waals surface area contributed by atoms with Crippen LogP contribution in [0.2, 0.25) is 0 Å². The van der Waals surface area contributed by atoms with Crippen LogP contribution in [0.25, 0.3) is 0 Å². The molecule has 1 aromatic rings. The lowest BCUT2D eigenvalue weighted by Gasteiger charge is -2.06. The Kier molecular flexibility index (Phi) is 7.62. The number of epoxide rings is 1. The summed E-state index contributed by atoms with van der Waals surface area (Å²) < 4.78 is 5.25. The first-order valence-electron chi connectivity index (χ1n) is 8.00. The molecular formula is C18H28O3. The van der Waals surface area contributed by atoms with Crippen LogP contribution in [0.3, 0.4) is 0 Å². The van der Waals surface area contributed by atoms with Gasteiger partial charge in [-0.2, -0.15) is 0 Å². The molecule has 118 valence electrons. The third-order valence-electron chi connectivity index (χ3n) is 4.16. The van der Waals surface area contributed by atoms with E-state index in [1.165, 1.54) is 50.5 Å². The molecule has 3 heteroatoms. The van der Waals surface area contributed by atoms with Crippen LogP contribution >= 0.6 is 0 Å². The Labute approximate surface area is 128 Å². The van der Waals surface area contributed by atoms with Crippen molar-refractivity contribution in [1.29, 1.82) is 0 Å².